The Hall–Kier alpha value is -3.57. The van der Waals surface area contributed by atoms with Gasteiger partial charge in [-0.05, 0) is 17.7 Å². The molecule has 0 saturated carbocycles. The van der Waals surface area contributed by atoms with Crippen molar-refractivity contribution in [2.75, 3.05) is 18.5 Å². The van der Waals surface area contributed by atoms with E-state index in [4.69, 9.17) is 21.1 Å². The van der Waals surface area contributed by atoms with E-state index in [2.05, 4.69) is 5.32 Å². The Morgan fingerprint density at radius 3 is 2.56 bits per heavy atom. The first-order valence-electron chi connectivity index (χ1n) is 7.75. The Bertz CT molecular complexity index is 997. The average Bonchev–Trinajstić information content (AvgIpc) is 2.66. The highest BCUT2D eigenvalue weighted by atomic mass is 35.5. The minimum absolute atomic E-state index is 0.102. The third-order valence-electron chi connectivity index (χ3n) is 3.68. The smallest absolute Gasteiger partial charge is 0.296 e. The number of ether oxygens (including phenoxy) is 2. The van der Waals surface area contributed by atoms with E-state index in [1.54, 1.807) is 30.3 Å². The number of fused-ring (bicyclic) bond motifs is 1. The summed E-state index contributed by atoms with van der Waals surface area (Å²) in [4.78, 5) is 23.1. The van der Waals surface area contributed by atoms with Crippen molar-refractivity contribution in [2.24, 2.45) is 0 Å². The van der Waals surface area contributed by atoms with Crippen molar-refractivity contribution >= 4 is 35.0 Å². The molecule has 1 N–H and O–H groups in total. The van der Waals surface area contributed by atoms with Crippen molar-refractivity contribution in [1.82, 2.24) is 0 Å². The van der Waals surface area contributed by atoms with Gasteiger partial charge in [-0.3, -0.25) is 14.9 Å². The molecule has 27 heavy (non-hydrogen) atoms. The van der Waals surface area contributed by atoms with Crippen molar-refractivity contribution in [3.05, 3.63) is 62.7 Å². The van der Waals surface area contributed by atoms with Gasteiger partial charge in [0.05, 0.1) is 11.0 Å². The molecule has 1 heterocycles. The summed E-state index contributed by atoms with van der Waals surface area (Å²) >= 11 is 6.03. The molecule has 9 heteroatoms. The Morgan fingerprint density at radius 1 is 1.26 bits per heavy atom. The number of rotatable bonds is 4. The van der Waals surface area contributed by atoms with Crippen molar-refractivity contribution in [3.63, 3.8) is 0 Å². The zero-order chi connectivity index (χ0) is 19.4. The fourth-order valence-corrected chi connectivity index (χ4v) is 2.61. The van der Waals surface area contributed by atoms with Gasteiger partial charge in [0.25, 0.3) is 11.6 Å². The van der Waals surface area contributed by atoms with Crippen molar-refractivity contribution < 1.29 is 19.2 Å². The fourth-order valence-electron chi connectivity index (χ4n) is 2.42. The number of nitro benzene ring substituents is 1. The minimum atomic E-state index is -0.808. The molecule has 2 aromatic rings. The van der Waals surface area contributed by atoms with Gasteiger partial charge in [-0.25, -0.2) is 0 Å². The summed E-state index contributed by atoms with van der Waals surface area (Å²) in [5, 5.41) is 23.4. The van der Waals surface area contributed by atoms with Crippen molar-refractivity contribution in [3.8, 4) is 17.6 Å². The lowest BCUT2D eigenvalue weighted by Crippen LogP contribution is -2.18. The molecule has 1 aliphatic rings. The molecule has 0 saturated heterocycles. The van der Waals surface area contributed by atoms with Crippen LogP contribution in [0.4, 0.5) is 11.4 Å². The van der Waals surface area contributed by atoms with Crippen LogP contribution in [0.5, 0.6) is 11.5 Å². The van der Waals surface area contributed by atoms with E-state index < -0.39 is 10.8 Å². The number of hydrogen-bond acceptors (Lipinski definition) is 6. The molecule has 1 amide bonds. The largest absolute Gasteiger partial charge is 0.486 e. The molecule has 0 atom stereocenters. The summed E-state index contributed by atoms with van der Waals surface area (Å²) in [7, 11) is 0. The molecule has 3 rings (SSSR count). The van der Waals surface area contributed by atoms with E-state index in [1.807, 2.05) is 0 Å². The summed E-state index contributed by atoms with van der Waals surface area (Å²) < 4.78 is 10.7. The second-order valence-electron chi connectivity index (χ2n) is 5.42. The molecule has 0 aromatic heterocycles. The van der Waals surface area contributed by atoms with Crippen LogP contribution in [0.3, 0.4) is 0 Å². The quantitative estimate of drug-likeness (QED) is 0.372. The highest BCUT2D eigenvalue weighted by Crippen LogP contribution is 2.39. The van der Waals surface area contributed by atoms with E-state index >= 15 is 0 Å². The number of carbonyl (C=O) groups is 1. The van der Waals surface area contributed by atoms with Crippen LogP contribution < -0.4 is 14.8 Å². The van der Waals surface area contributed by atoms with Crippen LogP contribution in [-0.4, -0.2) is 24.0 Å². The zero-order valence-corrected chi connectivity index (χ0v) is 14.5. The number of carbonyl (C=O) groups excluding carboxylic acids is 1. The third kappa shape index (κ3) is 3.99. The topological polar surface area (TPSA) is 114 Å². The highest BCUT2D eigenvalue weighted by molar-refractivity contribution is 6.32. The maximum atomic E-state index is 12.5. The molecule has 0 unspecified atom stereocenters. The molecular formula is C18H12ClN3O5. The molecule has 0 bridgehead atoms. The average molecular weight is 386 g/mol. The summed E-state index contributed by atoms with van der Waals surface area (Å²) in [6.45, 7) is 0.559. The predicted molar refractivity (Wildman–Crippen MR) is 97.8 cm³/mol. The van der Waals surface area contributed by atoms with Gasteiger partial charge in [-0.1, -0.05) is 29.8 Å². The fraction of sp³-hybridized carbons (Fsp3) is 0.111. The first-order valence-corrected chi connectivity index (χ1v) is 8.13. The predicted octanol–water partition coefficient (Wildman–Crippen LogP) is 3.57. The second kappa shape index (κ2) is 7.76. The molecule has 0 fully saturated rings. The normalized spacial score (nSPS) is 12.8. The van der Waals surface area contributed by atoms with Crippen LogP contribution in [0.15, 0.2) is 42.0 Å². The molecule has 0 spiro atoms. The van der Waals surface area contributed by atoms with Gasteiger partial charge in [0.1, 0.15) is 30.5 Å². The Labute approximate surface area is 158 Å². The van der Waals surface area contributed by atoms with Gasteiger partial charge in [0.15, 0.2) is 11.5 Å². The van der Waals surface area contributed by atoms with Crippen LogP contribution in [0.25, 0.3) is 6.08 Å². The van der Waals surface area contributed by atoms with Crippen LogP contribution in [0, 0.1) is 21.4 Å². The van der Waals surface area contributed by atoms with Gasteiger partial charge in [-0.15, -0.1) is 0 Å². The van der Waals surface area contributed by atoms with E-state index in [9.17, 15) is 20.2 Å². The number of amides is 1. The van der Waals surface area contributed by atoms with Crippen molar-refractivity contribution in [2.45, 2.75) is 0 Å². The number of anilines is 1. The number of nitriles is 1. The lowest BCUT2D eigenvalue weighted by atomic mass is 10.1. The van der Waals surface area contributed by atoms with E-state index in [-0.39, 0.29) is 41.7 Å². The van der Waals surface area contributed by atoms with E-state index in [0.29, 0.717) is 10.6 Å². The zero-order valence-electron chi connectivity index (χ0n) is 13.8. The highest BCUT2D eigenvalue weighted by Gasteiger charge is 2.24. The standard InChI is InChI=1S/C18H12ClN3O5/c19-13-4-2-1-3-11(13)7-12(10-20)18(23)21-14-8-16-17(27-6-5-26-16)9-15(14)22(24)25/h1-4,7-9H,5-6H2,(H,21,23)/b12-7-. The number of benzene rings is 2. The van der Waals surface area contributed by atoms with Crippen LogP contribution >= 0.6 is 11.6 Å². The molecular weight excluding hydrogens is 374 g/mol. The molecule has 136 valence electrons. The maximum Gasteiger partial charge on any atom is 0.296 e. The van der Waals surface area contributed by atoms with Gasteiger partial charge < -0.3 is 14.8 Å². The summed E-state index contributed by atoms with van der Waals surface area (Å²) in [6.07, 6.45) is 1.31. The van der Waals surface area contributed by atoms with Crippen molar-refractivity contribution in [1.29, 1.82) is 5.26 Å². The van der Waals surface area contributed by atoms with Crippen LogP contribution in [0.2, 0.25) is 5.02 Å². The van der Waals surface area contributed by atoms with Gasteiger partial charge in [0.2, 0.25) is 0 Å². The summed E-state index contributed by atoms with van der Waals surface area (Å²) in [5.41, 5.74) is -0.257. The first-order chi connectivity index (χ1) is 13.0. The number of nitrogens with one attached hydrogen (secondary N) is 1. The molecule has 8 nitrogen and oxygen atoms in total. The maximum absolute atomic E-state index is 12.5. The minimum Gasteiger partial charge on any atom is -0.486 e. The number of halogens is 1. The Morgan fingerprint density at radius 2 is 1.93 bits per heavy atom. The first kappa shape index (κ1) is 18.2. The number of hydrogen-bond donors (Lipinski definition) is 1. The van der Waals surface area contributed by atoms with Gasteiger partial charge in [0, 0.05) is 11.1 Å². The van der Waals surface area contributed by atoms with Gasteiger partial charge in [-0.2, -0.15) is 5.26 Å². The lowest BCUT2D eigenvalue weighted by molar-refractivity contribution is -0.384. The summed E-state index contributed by atoms with van der Waals surface area (Å²) in [6, 6.07) is 10.9. The number of nitro groups is 1. The monoisotopic (exact) mass is 385 g/mol. The number of nitrogens with zero attached hydrogens (tertiary/aromatic N) is 2. The van der Waals surface area contributed by atoms with E-state index in [0.717, 1.165) is 0 Å². The third-order valence-corrected chi connectivity index (χ3v) is 4.02. The summed E-state index contributed by atoms with van der Waals surface area (Å²) in [5.74, 6) is -0.314. The molecule has 2 aromatic carbocycles. The Balaban J connectivity index is 1.94. The molecule has 0 aliphatic carbocycles. The molecule has 1 aliphatic heterocycles. The van der Waals surface area contributed by atoms with Gasteiger partial charge >= 0.3 is 0 Å². The lowest BCUT2D eigenvalue weighted by Gasteiger charge is -2.19. The van der Waals surface area contributed by atoms with E-state index in [1.165, 1.54) is 18.2 Å². The van der Waals surface area contributed by atoms with Crippen LogP contribution in [0.1, 0.15) is 5.56 Å². The second-order valence-corrected chi connectivity index (χ2v) is 5.82. The Kier molecular flexibility index (Phi) is 5.24. The SMILES string of the molecule is N#C/C(=C/c1ccccc1Cl)C(=O)Nc1cc2c(cc1[N+](=O)[O-])OCCO2. The molecule has 0 radical (unpaired) electrons. The van der Waals surface area contributed by atoms with Crippen LogP contribution in [-0.2, 0) is 4.79 Å².